The molecule has 0 saturated heterocycles. The van der Waals surface area contributed by atoms with Gasteiger partial charge in [0.1, 0.15) is 0 Å². The second kappa shape index (κ2) is 3.64. The summed E-state index contributed by atoms with van der Waals surface area (Å²) in [6.45, 7) is 8.90. The Bertz CT molecular complexity index is 318. The maximum absolute atomic E-state index is 2.29. The lowest BCUT2D eigenvalue weighted by atomic mass is 9.86. The average Bonchev–Trinajstić information content (AvgIpc) is 2.02. The molecule has 0 spiro atoms. The predicted octanol–water partition coefficient (Wildman–Crippen LogP) is 3.36. The van der Waals surface area contributed by atoms with E-state index in [1.54, 1.807) is 0 Å². The van der Waals surface area contributed by atoms with Crippen LogP contribution in [-0.4, -0.2) is 14.1 Å². The summed E-state index contributed by atoms with van der Waals surface area (Å²) in [6.07, 6.45) is 0. The van der Waals surface area contributed by atoms with Crippen molar-refractivity contribution in [2.45, 2.75) is 33.1 Å². The summed E-state index contributed by atoms with van der Waals surface area (Å²) < 4.78 is 0. The van der Waals surface area contributed by atoms with Crippen LogP contribution in [0.15, 0.2) is 18.2 Å². The van der Waals surface area contributed by atoms with E-state index in [0.29, 0.717) is 0 Å². The summed E-state index contributed by atoms with van der Waals surface area (Å²) in [5, 5.41) is 0. The number of benzene rings is 1. The Labute approximate surface area is 87.7 Å². The molecule has 14 heavy (non-hydrogen) atoms. The zero-order valence-corrected chi connectivity index (χ0v) is 10.2. The molecule has 0 aliphatic rings. The highest BCUT2D eigenvalue weighted by atomic mass is 15.1. The fraction of sp³-hybridized carbons (Fsp3) is 0.538. The Kier molecular flexibility index (Phi) is 2.89. The van der Waals surface area contributed by atoms with Crippen molar-refractivity contribution in [2.75, 3.05) is 19.0 Å². The molecule has 1 heteroatoms. The third kappa shape index (κ3) is 2.28. The van der Waals surface area contributed by atoms with Crippen molar-refractivity contribution in [2.24, 2.45) is 0 Å². The number of hydrogen-bond acceptors (Lipinski definition) is 1. The van der Waals surface area contributed by atoms with Gasteiger partial charge in [-0.1, -0.05) is 32.9 Å². The lowest BCUT2D eigenvalue weighted by Crippen LogP contribution is -2.15. The van der Waals surface area contributed by atoms with Crippen molar-refractivity contribution >= 4 is 5.69 Å². The Morgan fingerprint density at radius 2 is 1.64 bits per heavy atom. The normalized spacial score (nSPS) is 11.6. The first-order valence-electron chi connectivity index (χ1n) is 5.11. The maximum atomic E-state index is 2.29. The molecule has 1 nitrogen and oxygen atoms in total. The van der Waals surface area contributed by atoms with E-state index in [-0.39, 0.29) is 5.41 Å². The van der Waals surface area contributed by atoms with Crippen LogP contribution >= 0.6 is 0 Å². The molecule has 0 amide bonds. The van der Waals surface area contributed by atoms with Crippen LogP contribution in [0.3, 0.4) is 0 Å². The van der Waals surface area contributed by atoms with Crippen molar-refractivity contribution in [3.63, 3.8) is 0 Å². The van der Waals surface area contributed by atoms with Gasteiger partial charge < -0.3 is 4.90 Å². The molecule has 0 saturated carbocycles. The van der Waals surface area contributed by atoms with E-state index in [1.165, 1.54) is 16.8 Å². The second-order valence-corrected chi connectivity index (χ2v) is 5.15. The quantitative estimate of drug-likeness (QED) is 0.658. The van der Waals surface area contributed by atoms with E-state index in [0.717, 1.165) is 0 Å². The Balaban J connectivity index is 3.20. The average molecular weight is 191 g/mol. The first kappa shape index (κ1) is 11.1. The van der Waals surface area contributed by atoms with Gasteiger partial charge in [-0.2, -0.15) is 0 Å². The van der Waals surface area contributed by atoms with Crippen LogP contribution in [0.2, 0.25) is 0 Å². The van der Waals surface area contributed by atoms with Crippen molar-refractivity contribution < 1.29 is 0 Å². The van der Waals surface area contributed by atoms with Crippen LogP contribution in [0, 0.1) is 6.92 Å². The molecular weight excluding hydrogens is 170 g/mol. The number of nitrogens with zero attached hydrogens (tertiary/aromatic N) is 1. The van der Waals surface area contributed by atoms with E-state index in [4.69, 9.17) is 0 Å². The van der Waals surface area contributed by atoms with Gasteiger partial charge in [-0.3, -0.25) is 0 Å². The molecule has 0 unspecified atom stereocenters. The predicted molar refractivity (Wildman–Crippen MR) is 64.2 cm³/mol. The fourth-order valence-corrected chi connectivity index (χ4v) is 1.56. The Hall–Kier alpha value is -0.980. The first-order valence-corrected chi connectivity index (χ1v) is 5.11. The van der Waals surface area contributed by atoms with Gasteiger partial charge in [0.2, 0.25) is 0 Å². The van der Waals surface area contributed by atoms with Gasteiger partial charge in [0.25, 0.3) is 0 Å². The zero-order chi connectivity index (χ0) is 10.9. The molecule has 0 atom stereocenters. The van der Waals surface area contributed by atoms with Crippen LogP contribution in [0.4, 0.5) is 5.69 Å². The number of rotatable bonds is 1. The first-order chi connectivity index (χ1) is 6.32. The van der Waals surface area contributed by atoms with Crippen LogP contribution in [0.25, 0.3) is 0 Å². The number of aryl methyl sites for hydroxylation is 1. The summed E-state index contributed by atoms with van der Waals surface area (Å²) in [5.41, 5.74) is 4.28. The SMILES string of the molecule is Cc1ccc(C(C)(C)C)cc1N(C)C. The summed E-state index contributed by atoms with van der Waals surface area (Å²) >= 11 is 0. The monoisotopic (exact) mass is 191 g/mol. The minimum atomic E-state index is 0.235. The Morgan fingerprint density at radius 1 is 1.07 bits per heavy atom. The molecule has 0 radical (unpaired) electrons. The molecule has 0 fully saturated rings. The van der Waals surface area contributed by atoms with Crippen LogP contribution < -0.4 is 4.90 Å². The van der Waals surface area contributed by atoms with Gasteiger partial charge in [-0.15, -0.1) is 0 Å². The molecule has 0 aliphatic carbocycles. The standard InChI is InChI=1S/C13H21N/c1-10-7-8-11(13(2,3)4)9-12(10)14(5)6/h7-9H,1-6H3. The molecule has 1 rings (SSSR count). The summed E-state index contributed by atoms with van der Waals surface area (Å²) in [5.74, 6) is 0. The molecular formula is C13H21N. The highest BCUT2D eigenvalue weighted by molar-refractivity contribution is 5.54. The van der Waals surface area contributed by atoms with E-state index in [2.05, 4.69) is 64.9 Å². The molecule has 0 bridgehead atoms. The van der Waals surface area contributed by atoms with E-state index in [9.17, 15) is 0 Å². The van der Waals surface area contributed by atoms with Crippen LogP contribution in [-0.2, 0) is 5.41 Å². The topological polar surface area (TPSA) is 3.24 Å². The smallest absolute Gasteiger partial charge is 0.0393 e. The van der Waals surface area contributed by atoms with E-state index in [1.807, 2.05) is 0 Å². The van der Waals surface area contributed by atoms with Gasteiger partial charge >= 0.3 is 0 Å². The van der Waals surface area contributed by atoms with Gasteiger partial charge in [0.15, 0.2) is 0 Å². The van der Waals surface area contributed by atoms with Crippen molar-refractivity contribution in [1.82, 2.24) is 0 Å². The number of anilines is 1. The fourth-order valence-electron chi connectivity index (χ4n) is 1.56. The second-order valence-electron chi connectivity index (χ2n) is 5.15. The lowest BCUT2D eigenvalue weighted by molar-refractivity contribution is 0.590. The van der Waals surface area contributed by atoms with Gasteiger partial charge in [0.05, 0.1) is 0 Å². The molecule has 0 aliphatic heterocycles. The summed E-state index contributed by atoms with van der Waals surface area (Å²) in [7, 11) is 4.18. The van der Waals surface area contributed by atoms with Crippen molar-refractivity contribution in [1.29, 1.82) is 0 Å². The Morgan fingerprint density at radius 3 is 2.07 bits per heavy atom. The molecule has 1 aromatic carbocycles. The largest absolute Gasteiger partial charge is 0.377 e. The molecule has 78 valence electrons. The van der Waals surface area contributed by atoms with Gasteiger partial charge in [0, 0.05) is 19.8 Å². The van der Waals surface area contributed by atoms with Gasteiger partial charge in [-0.05, 0) is 29.5 Å². The van der Waals surface area contributed by atoms with E-state index >= 15 is 0 Å². The zero-order valence-electron chi connectivity index (χ0n) is 10.2. The minimum absolute atomic E-state index is 0.235. The van der Waals surface area contributed by atoms with Crippen LogP contribution in [0.1, 0.15) is 31.9 Å². The third-order valence-corrected chi connectivity index (χ3v) is 2.56. The van der Waals surface area contributed by atoms with E-state index < -0.39 is 0 Å². The highest BCUT2D eigenvalue weighted by Gasteiger charge is 2.14. The summed E-state index contributed by atoms with van der Waals surface area (Å²) in [6, 6.07) is 6.72. The maximum Gasteiger partial charge on any atom is 0.0393 e. The summed E-state index contributed by atoms with van der Waals surface area (Å²) in [4.78, 5) is 2.17. The van der Waals surface area contributed by atoms with Crippen molar-refractivity contribution in [3.05, 3.63) is 29.3 Å². The third-order valence-electron chi connectivity index (χ3n) is 2.56. The minimum Gasteiger partial charge on any atom is -0.377 e. The van der Waals surface area contributed by atoms with Gasteiger partial charge in [-0.25, -0.2) is 0 Å². The van der Waals surface area contributed by atoms with Crippen molar-refractivity contribution in [3.8, 4) is 0 Å². The highest BCUT2D eigenvalue weighted by Crippen LogP contribution is 2.27. The molecule has 1 aromatic rings. The lowest BCUT2D eigenvalue weighted by Gasteiger charge is -2.23. The molecule has 0 aromatic heterocycles. The van der Waals surface area contributed by atoms with Crippen LogP contribution in [0.5, 0.6) is 0 Å². The molecule has 0 heterocycles. The number of hydrogen-bond donors (Lipinski definition) is 0. The molecule has 0 N–H and O–H groups in total.